The first-order valence-corrected chi connectivity index (χ1v) is 10.3. The Balaban J connectivity index is 1.58. The molecule has 0 saturated carbocycles. The third-order valence-corrected chi connectivity index (χ3v) is 5.59. The van der Waals surface area contributed by atoms with Crippen LogP contribution in [0.3, 0.4) is 0 Å². The number of rotatable bonds is 6. The first kappa shape index (κ1) is 20.5. The van der Waals surface area contributed by atoms with Crippen molar-refractivity contribution in [2.45, 2.75) is 11.8 Å². The van der Waals surface area contributed by atoms with Gasteiger partial charge in [0, 0.05) is 21.2 Å². The van der Waals surface area contributed by atoms with Gasteiger partial charge < -0.3 is 5.32 Å². The van der Waals surface area contributed by atoms with Gasteiger partial charge in [-0.1, -0.05) is 53.0 Å². The molecule has 0 atom stereocenters. The Morgan fingerprint density at radius 3 is 2.25 bits per heavy atom. The Kier molecular flexibility index (Phi) is 6.79. The summed E-state index contributed by atoms with van der Waals surface area (Å²) in [5, 5.41) is 3.57. The Bertz CT molecular complexity index is 1000. The van der Waals surface area contributed by atoms with E-state index in [1.54, 1.807) is 24.3 Å². The van der Waals surface area contributed by atoms with E-state index in [0.717, 1.165) is 10.5 Å². The lowest BCUT2D eigenvalue weighted by Gasteiger charge is -2.08. The topological polar surface area (TPSA) is 46.2 Å². The first-order chi connectivity index (χ1) is 13.4. The molecule has 0 aliphatic heterocycles. The average Bonchev–Trinajstić information content (AvgIpc) is 2.67. The second-order valence-corrected chi connectivity index (χ2v) is 8.07. The number of aryl methyl sites for hydroxylation is 1. The van der Waals surface area contributed by atoms with E-state index in [1.165, 1.54) is 17.8 Å². The molecule has 0 heterocycles. The zero-order valence-electron chi connectivity index (χ0n) is 15.0. The largest absolute Gasteiger partial charge is 0.322 e. The molecular weight excluding hydrogens is 413 g/mol. The minimum atomic E-state index is -0.309. The lowest BCUT2D eigenvalue weighted by molar-refractivity contribution is 0.101. The highest BCUT2D eigenvalue weighted by Crippen LogP contribution is 2.24. The second kappa shape index (κ2) is 9.28. The van der Waals surface area contributed by atoms with Crippen LogP contribution in [0.25, 0.3) is 0 Å². The fourth-order valence-electron chi connectivity index (χ4n) is 2.48. The number of anilines is 1. The number of carbonyl (C=O) groups is 2. The van der Waals surface area contributed by atoms with Gasteiger partial charge in [-0.2, -0.15) is 0 Å². The van der Waals surface area contributed by atoms with Crippen molar-refractivity contribution in [1.82, 2.24) is 0 Å². The van der Waals surface area contributed by atoms with Crippen LogP contribution in [0.4, 0.5) is 5.69 Å². The Morgan fingerprint density at radius 2 is 1.61 bits per heavy atom. The molecular formula is C22H17Cl2NO2S. The molecule has 0 spiro atoms. The number of hydrogen-bond donors (Lipinski definition) is 1. The number of benzene rings is 3. The van der Waals surface area contributed by atoms with E-state index in [-0.39, 0.29) is 11.7 Å². The van der Waals surface area contributed by atoms with E-state index in [2.05, 4.69) is 5.32 Å². The van der Waals surface area contributed by atoms with Crippen LogP contribution >= 0.6 is 35.0 Å². The van der Waals surface area contributed by atoms with Crippen LogP contribution in [0.15, 0.2) is 71.6 Å². The summed E-state index contributed by atoms with van der Waals surface area (Å²) < 4.78 is 0. The third kappa shape index (κ3) is 5.38. The van der Waals surface area contributed by atoms with Crippen molar-refractivity contribution in [3.8, 4) is 0 Å². The first-order valence-electron chi connectivity index (χ1n) is 8.51. The Hall–Kier alpha value is -2.27. The van der Waals surface area contributed by atoms with Gasteiger partial charge in [-0.15, -0.1) is 11.8 Å². The maximum Gasteiger partial charge on any atom is 0.257 e. The van der Waals surface area contributed by atoms with Crippen molar-refractivity contribution < 1.29 is 9.59 Å². The van der Waals surface area contributed by atoms with Gasteiger partial charge in [0.05, 0.1) is 16.3 Å². The molecule has 3 rings (SSSR count). The Morgan fingerprint density at radius 1 is 0.929 bits per heavy atom. The van der Waals surface area contributed by atoms with E-state index in [9.17, 15) is 9.59 Å². The van der Waals surface area contributed by atoms with E-state index < -0.39 is 0 Å². The van der Waals surface area contributed by atoms with Crippen LogP contribution in [-0.2, 0) is 0 Å². The minimum Gasteiger partial charge on any atom is -0.322 e. The number of ketones is 1. The molecule has 0 fully saturated rings. The van der Waals surface area contributed by atoms with E-state index in [4.69, 9.17) is 23.2 Å². The van der Waals surface area contributed by atoms with Crippen molar-refractivity contribution in [1.29, 1.82) is 0 Å². The molecule has 28 heavy (non-hydrogen) atoms. The van der Waals surface area contributed by atoms with Crippen molar-refractivity contribution >= 4 is 52.3 Å². The number of Topliss-reactive ketones (excluding diaryl/α,β-unsaturated/α-hetero) is 1. The molecule has 0 unspecified atom stereocenters. The van der Waals surface area contributed by atoms with Gasteiger partial charge in [-0.25, -0.2) is 0 Å². The monoisotopic (exact) mass is 429 g/mol. The van der Waals surface area contributed by atoms with Crippen molar-refractivity contribution in [2.24, 2.45) is 0 Å². The van der Waals surface area contributed by atoms with Crippen LogP contribution in [0.2, 0.25) is 10.0 Å². The summed E-state index contributed by atoms with van der Waals surface area (Å²) in [7, 11) is 0. The standard InChI is InChI=1S/C22H17Cl2NO2S/c1-14-2-4-15(5-3-14)21(26)13-28-18-9-7-17(8-10-18)25-22(27)19-11-6-16(23)12-20(19)24/h2-12H,13H2,1H3,(H,25,27). The SMILES string of the molecule is Cc1ccc(C(=O)CSc2ccc(NC(=O)c3ccc(Cl)cc3Cl)cc2)cc1. The quantitative estimate of drug-likeness (QED) is 0.357. The average molecular weight is 430 g/mol. The van der Waals surface area contributed by atoms with Gasteiger partial charge in [0.25, 0.3) is 5.91 Å². The summed E-state index contributed by atoms with van der Waals surface area (Å²) in [6.07, 6.45) is 0. The number of hydrogen-bond acceptors (Lipinski definition) is 3. The van der Waals surface area contributed by atoms with Crippen LogP contribution in [0.5, 0.6) is 0 Å². The summed E-state index contributed by atoms with van der Waals surface area (Å²) in [4.78, 5) is 25.5. The zero-order valence-corrected chi connectivity index (χ0v) is 17.4. The van der Waals surface area contributed by atoms with Gasteiger partial charge >= 0.3 is 0 Å². The van der Waals surface area contributed by atoms with Crippen LogP contribution in [0, 0.1) is 6.92 Å². The highest BCUT2D eigenvalue weighted by atomic mass is 35.5. The molecule has 0 aliphatic carbocycles. The Labute approximate surface area is 178 Å². The smallest absolute Gasteiger partial charge is 0.257 e. The zero-order chi connectivity index (χ0) is 20.1. The van der Waals surface area contributed by atoms with Crippen molar-refractivity contribution in [3.05, 3.63) is 93.5 Å². The predicted molar refractivity (Wildman–Crippen MR) is 117 cm³/mol. The fourth-order valence-corrected chi connectivity index (χ4v) is 3.77. The lowest BCUT2D eigenvalue weighted by atomic mass is 10.1. The van der Waals surface area contributed by atoms with Crippen LogP contribution < -0.4 is 5.32 Å². The van der Waals surface area contributed by atoms with Crippen molar-refractivity contribution in [2.75, 3.05) is 11.1 Å². The lowest BCUT2D eigenvalue weighted by Crippen LogP contribution is -2.12. The van der Waals surface area contributed by atoms with Gasteiger partial charge in [0.2, 0.25) is 0 Å². The van der Waals surface area contributed by atoms with Crippen LogP contribution in [0.1, 0.15) is 26.3 Å². The second-order valence-electron chi connectivity index (χ2n) is 6.18. The van der Waals surface area contributed by atoms with E-state index >= 15 is 0 Å². The highest BCUT2D eigenvalue weighted by molar-refractivity contribution is 8.00. The molecule has 1 N–H and O–H groups in total. The summed E-state index contributed by atoms with van der Waals surface area (Å²) >= 11 is 13.4. The normalized spacial score (nSPS) is 10.5. The van der Waals surface area contributed by atoms with Crippen LogP contribution in [-0.4, -0.2) is 17.4 Å². The number of carbonyl (C=O) groups excluding carboxylic acids is 2. The highest BCUT2D eigenvalue weighted by Gasteiger charge is 2.11. The number of halogens is 2. The molecule has 6 heteroatoms. The molecule has 3 aromatic carbocycles. The maximum atomic E-state index is 12.3. The molecule has 0 aromatic heterocycles. The van der Waals surface area contributed by atoms with Gasteiger partial charge in [0.1, 0.15) is 0 Å². The van der Waals surface area contributed by atoms with Gasteiger partial charge in [0.15, 0.2) is 5.78 Å². The molecule has 0 bridgehead atoms. The summed E-state index contributed by atoms with van der Waals surface area (Å²) in [5.74, 6) is 0.131. The molecule has 3 nitrogen and oxygen atoms in total. The summed E-state index contributed by atoms with van der Waals surface area (Å²) in [6.45, 7) is 1.99. The maximum absolute atomic E-state index is 12.3. The van der Waals surface area contributed by atoms with E-state index in [1.807, 2.05) is 43.3 Å². The molecule has 0 radical (unpaired) electrons. The number of nitrogens with one attached hydrogen (secondary N) is 1. The summed E-state index contributed by atoms with van der Waals surface area (Å²) in [5.41, 5.74) is 2.84. The minimum absolute atomic E-state index is 0.0831. The van der Waals surface area contributed by atoms with Gasteiger partial charge in [-0.3, -0.25) is 9.59 Å². The predicted octanol–water partition coefficient (Wildman–Crippen LogP) is 6.53. The van der Waals surface area contributed by atoms with Gasteiger partial charge in [-0.05, 0) is 49.4 Å². The molecule has 3 aromatic rings. The molecule has 142 valence electrons. The molecule has 1 amide bonds. The molecule has 0 saturated heterocycles. The summed E-state index contributed by atoms with van der Waals surface area (Å²) in [6, 6.07) is 19.6. The van der Waals surface area contributed by atoms with E-state index in [0.29, 0.717) is 32.6 Å². The number of amides is 1. The number of thioether (sulfide) groups is 1. The third-order valence-electron chi connectivity index (χ3n) is 4.03. The van der Waals surface area contributed by atoms with Crippen molar-refractivity contribution in [3.63, 3.8) is 0 Å². The fraction of sp³-hybridized carbons (Fsp3) is 0.0909. The molecule has 0 aliphatic rings.